The van der Waals surface area contributed by atoms with E-state index >= 15 is 0 Å². The summed E-state index contributed by atoms with van der Waals surface area (Å²) in [5, 5.41) is 2.95. The molecule has 3 aromatic carbocycles. The minimum Gasteiger partial charge on any atom is -0.325 e. The minimum absolute atomic E-state index is 0.0395. The second-order valence-corrected chi connectivity index (χ2v) is 7.39. The van der Waals surface area contributed by atoms with Crippen LogP contribution in [-0.4, -0.2) is 23.3 Å². The van der Waals surface area contributed by atoms with Crippen molar-refractivity contribution < 1.29 is 9.59 Å². The molecule has 5 heteroatoms. The number of hydrogen-bond acceptors (Lipinski definition) is 3. The molecule has 1 heterocycles. The van der Waals surface area contributed by atoms with Gasteiger partial charge in [-0.15, -0.1) is 0 Å². The molecule has 2 amide bonds. The van der Waals surface area contributed by atoms with Crippen molar-refractivity contribution in [1.82, 2.24) is 4.90 Å². The van der Waals surface area contributed by atoms with E-state index in [9.17, 15) is 9.59 Å². The maximum absolute atomic E-state index is 12.6. The lowest BCUT2D eigenvalue weighted by Crippen LogP contribution is -2.33. The summed E-state index contributed by atoms with van der Waals surface area (Å²) >= 11 is 1.59. The SMILES string of the molecule is O=C(CN1Cc2ccccc2C1=O)Nc1ccccc1Sc1ccccc1. The van der Waals surface area contributed by atoms with E-state index in [1.807, 2.05) is 72.8 Å². The fourth-order valence-electron chi connectivity index (χ4n) is 3.08. The molecule has 0 bridgehead atoms. The summed E-state index contributed by atoms with van der Waals surface area (Å²) in [6.45, 7) is 0.515. The molecule has 27 heavy (non-hydrogen) atoms. The first kappa shape index (κ1) is 17.4. The molecule has 0 atom stereocenters. The molecular weight excluding hydrogens is 356 g/mol. The van der Waals surface area contributed by atoms with Crippen molar-refractivity contribution in [2.45, 2.75) is 16.3 Å². The van der Waals surface area contributed by atoms with Gasteiger partial charge in [0.15, 0.2) is 0 Å². The Morgan fingerprint density at radius 1 is 0.926 bits per heavy atom. The molecule has 1 N–H and O–H groups in total. The number of benzene rings is 3. The summed E-state index contributed by atoms with van der Waals surface area (Å²) in [5.74, 6) is -0.287. The monoisotopic (exact) mass is 374 g/mol. The number of nitrogens with zero attached hydrogens (tertiary/aromatic N) is 1. The van der Waals surface area contributed by atoms with Crippen molar-refractivity contribution in [3.05, 3.63) is 90.0 Å². The lowest BCUT2D eigenvalue weighted by molar-refractivity contribution is -0.116. The fraction of sp³-hybridized carbons (Fsp3) is 0.0909. The Hall–Kier alpha value is -3.05. The molecule has 0 aromatic heterocycles. The van der Waals surface area contributed by atoms with Gasteiger partial charge in [0.25, 0.3) is 5.91 Å². The number of rotatable bonds is 5. The third kappa shape index (κ3) is 3.88. The van der Waals surface area contributed by atoms with Gasteiger partial charge in [0.1, 0.15) is 6.54 Å². The number of nitrogens with one attached hydrogen (secondary N) is 1. The normalized spacial score (nSPS) is 12.7. The molecule has 1 aliphatic heterocycles. The molecule has 1 aliphatic rings. The van der Waals surface area contributed by atoms with Crippen LogP contribution >= 0.6 is 11.8 Å². The molecule has 0 spiro atoms. The summed E-state index contributed by atoms with van der Waals surface area (Å²) < 4.78 is 0. The average molecular weight is 374 g/mol. The van der Waals surface area contributed by atoms with Crippen molar-refractivity contribution in [3.8, 4) is 0 Å². The third-order valence-corrected chi connectivity index (χ3v) is 5.45. The Morgan fingerprint density at radius 2 is 1.63 bits per heavy atom. The van der Waals surface area contributed by atoms with Gasteiger partial charge in [-0.25, -0.2) is 0 Å². The Labute approximate surface area is 162 Å². The van der Waals surface area contributed by atoms with Crippen LogP contribution < -0.4 is 5.32 Å². The van der Waals surface area contributed by atoms with Crippen LogP contribution in [0.15, 0.2) is 88.7 Å². The van der Waals surface area contributed by atoms with Gasteiger partial charge in [0.05, 0.1) is 5.69 Å². The summed E-state index contributed by atoms with van der Waals surface area (Å²) in [4.78, 5) is 28.6. The van der Waals surface area contributed by atoms with Crippen LogP contribution in [0.25, 0.3) is 0 Å². The highest BCUT2D eigenvalue weighted by Gasteiger charge is 2.28. The zero-order chi connectivity index (χ0) is 18.6. The van der Waals surface area contributed by atoms with E-state index in [1.54, 1.807) is 22.7 Å². The van der Waals surface area contributed by atoms with Crippen LogP contribution in [0.5, 0.6) is 0 Å². The number of carbonyl (C=O) groups is 2. The van der Waals surface area contributed by atoms with E-state index in [0.29, 0.717) is 12.1 Å². The first-order valence-corrected chi connectivity index (χ1v) is 9.51. The topological polar surface area (TPSA) is 49.4 Å². The second kappa shape index (κ2) is 7.68. The average Bonchev–Trinajstić information content (AvgIpc) is 3.00. The fourth-order valence-corrected chi connectivity index (χ4v) is 4.00. The molecule has 0 saturated heterocycles. The van der Waals surface area contributed by atoms with Gasteiger partial charge in [-0.1, -0.05) is 60.3 Å². The summed E-state index contributed by atoms with van der Waals surface area (Å²) in [5.41, 5.74) is 2.40. The van der Waals surface area contributed by atoms with Crippen molar-refractivity contribution in [1.29, 1.82) is 0 Å². The Morgan fingerprint density at radius 3 is 2.44 bits per heavy atom. The molecule has 0 fully saturated rings. The number of anilines is 1. The van der Waals surface area contributed by atoms with Gasteiger partial charge in [-0.05, 0) is 35.9 Å². The molecule has 134 valence electrons. The largest absolute Gasteiger partial charge is 0.325 e. The van der Waals surface area contributed by atoms with E-state index in [2.05, 4.69) is 5.32 Å². The van der Waals surface area contributed by atoms with Crippen LogP contribution in [0.4, 0.5) is 5.69 Å². The van der Waals surface area contributed by atoms with E-state index in [1.165, 1.54) is 0 Å². The zero-order valence-corrected chi connectivity index (χ0v) is 15.4. The first-order valence-electron chi connectivity index (χ1n) is 8.70. The number of carbonyl (C=O) groups excluding carboxylic acids is 2. The van der Waals surface area contributed by atoms with Gasteiger partial charge in [0.2, 0.25) is 5.91 Å². The maximum atomic E-state index is 12.6. The van der Waals surface area contributed by atoms with E-state index in [-0.39, 0.29) is 18.4 Å². The van der Waals surface area contributed by atoms with Crippen molar-refractivity contribution in [3.63, 3.8) is 0 Å². The van der Waals surface area contributed by atoms with Crippen LogP contribution in [0.2, 0.25) is 0 Å². The Kier molecular flexibility index (Phi) is 4.94. The van der Waals surface area contributed by atoms with Crippen molar-refractivity contribution in [2.75, 3.05) is 11.9 Å². The van der Waals surface area contributed by atoms with Crippen LogP contribution in [0.3, 0.4) is 0 Å². The van der Waals surface area contributed by atoms with Crippen LogP contribution in [0.1, 0.15) is 15.9 Å². The van der Waals surface area contributed by atoms with Crippen LogP contribution in [0, 0.1) is 0 Å². The molecular formula is C22H18N2O2S. The molecule has 4 nitrogen and oxygen atoms in total. The zero-order valence-electron chi connectivity index (χ0n) is 14.6. The lowest BCUT2D eigenvalue weighted by atomic mass is 10.1. The summed E-state index contributed by atoms with van der Waals surface area (Å²) in [6, 6.07) is 25.2. The number of para-hydroxylation sites is 1. The van der Waals surface area contributed by atoms with E-state index in [4.69, 9.17) is 0 Å². The van der Waals surface area contributed by atoms with Gasteiger partial charge in [-0.3, -0.25) is 9.59 Å². The van der Waals surface area contributed by atoms with E-state index < -0.39 is 0 Å². The number of hydrogen-bond donors (Lipinski definition) is 1. The van der Waals surface area contributed by atoms with Gasteiger partial charge >= 0.3 is 0 Å². The standard InChI is InChI=1S/C22H18N2O2S/c25-21(15-24-14-16-8-4-5-11-18(16)22(24)26)23-19-12-6-7-13-20(19)27-17-9-2-1-3-10-17/h1-13H,14-15H2,(H,23,25). The molecule has 0 unspecified atom stereocenters. The highest BCUT2D eigenvalue weighted by atomic mass is 32.2. The molecule has 0 radical (unpaired) electrons. The van der Waals surface area contributed by atoms with Crippen molar-refractivity contribution in [2.24, 2.45) is 0 Å². The first-order chi connectivity index (χ1) is 13.2. The van der Waals surface area contributed by atoms with Gasteiger partial charge < -0.3 is 10.2 Å². The lowest BCUT2D eigenvalue weighted by Gasteiger charge is -2.16. The Bertz CT molecular complexity index is 988. The molecule has 0 saturated carbocycles. The molecule has 4 rings (SSSR count). The van der Waals surface area contributed by atoms with Gasteiger partial charge in [0, 0.05) is 21.9 Å². The highest BCUT2D eigenvalue weighted by Crippen LogP contribution is 2.33. The smallest absolute Gasteiger partial charge is 0.254 e. The van der Waals surface area contributed by atoms with Crippen LogP contribution in [-0.2, 0) is 11.3 Å². The quantitative estimate of drug-likeness (QED) is 0.719. The highest BCUT2D eigenvalue weighted by molar-refractivity contribution is 7.99. The Balaban J connectivity index is 1.44. The maximum Gasteiger partial charge on any atom is 0.254 e. The predicted octanol–water partition coefficient (Wildman–Crippen LogP) is 4.43. The minimum atomic E-state index is -0.197. The second-order valence-electron chi connectivity index (χ2n) is 6.28. The molecule has 0 aliphatic carbocycles. The van der Waals surface area contributed by atoms with Crippen molar-refractivity contribution >= 4 is 29.3 Å². The van der Waals surface area contributed by atoms with E-state index in [0.717, 1.165) is 21.0 Å². The number of fused-ring (bicyclic) bond motifs is 1. The summed E-state index contributed by atoms with van der Waals surface area (Å²) in [7, 11) is 0. The third-order valence-electron chi connectivity index (χ3n) is 4.36. The summed E-state index contributed by atoms with van der Waals surface area (Å²) in [6.07, 6.45) is 0. The molecule has 3 aromatic rings. The predicted molar refractivity (Wildman–Crippen MR) is 107 cm³/mol. The number of amides is 2. The van der Waals surface area contributed by atoms with Gasteiger partial charge in [-0.2, -0.15) is 0 Å².